The van der Waals surface area contributed by atoms with Crippen molar-refractivity contribution in [2.45, 2.75) is 25.6 Å². The maximum absolute atomic E-state index is 13.9. The summed E-state index contributed by atoms with van der Waals surface area (Å²) < 4.78 is 46.6. The molecule has 0 radical (unpaired) electrons. The first-order chi connectivity index (χ1) is 16.1. The number of carbonyl (C=O) groups is 2. The highest BCUT2D eigenvalue weighted by atomic mass is 19.4. The molecule has 0 saturated carbocycles. The van der Waals surface area contributed by atoms with Crippen LogP contribution >= 0.6 is 0 Å². The van der Waals surface area contributed by atoms with Crippen LogP contribution in [0.5, 0.6) is 0 Å². The summed E-state index contributed by atoms with van der Waals surface area (Å²) in [6, 6.07) is 9.24. The maximum atomic E-state index is 13.9. The highest BCUT2D eigenvalue weighted by Crippen LogP contribution is 2.39. The predicted octanol–water partition coefficient (Wildman–Crippen LogP) is 4.19. The average Bonchev–Trinajstić information content (AvgIpc) is 3.19. The topological polar surface area (TPSA) is 91.5 Å². The molecule has 2 aromatic carbocycles. The maximum Gasteiger partial charge on any atom is 0.418 e. The number of nitrogens with one attached hydrogen (secondary N) is 2. The number of aromatic nitrogens is 1. The van der Waals surface area contributed by atoms with E-state index in [9.17, 15) is 27.6 Å². The van der Waals surface area contributed by atoms with Crippen molar-refractivity contribution in [3.63, 3.8) is 0 Å². The molecule has 0 spiro atoms. The van der Waals surface area contributed by atoms with Gasteiger partial charge >= 0.3 is 12.1 Å². The minimum atomic E-state index is -4.79. The minimum absolute atomic E-state index is 0.0965. The Morgan fingerprint density at radius 2 is 1.91 bits per heavy atom. The van der Waals surface area contributed by atoms with Crippen LogP contribution in [0.3, 0.4) is 0 Å². The lowest BCUT2D eigenvalue weighted by Crippen LogP contribution is -2.40. The van der Waals surface area contributed by atoms with E-state index in [1.165, 1.54) is 25.4 Å². The Morgan fingerprint density at radius 1 is 1.18 bits per heavy atom. The largest absolute Gasteiger partial charge is 0.467 e. The molecule has 7 nitrogen and oxygen atoms in total. The van der Waals surface area contributed by atoms with Crippen molar-refractivity contribution in [2.75, 3.05) is 23.9 Å². The number of hydrogen-bond donors (Lipinski definition) is 2. The number of esters is 1. The van der Waals surface area contributed by atoms with Gasteiger partial charge in [-0.05, 0) is 42.7 Å². The Bertz CT molecular complexity index is 1320. The number of H-pyrrole nitrogens is 1. The number of para-hydroxylation sites is 1. The highest BCUT2D eigenvalue weighted by molar-refractivity contribution is 6.06. The van der Waals surface area contributed by atoms with E-state index in [1.54, 1.807) is 23.1 Å². The smallest absolute Gasteiger partial charge is 0.418 e. The third kappa shape index (κ3) is 4.23. The number of nitrogens with zero attached hydrogens (tertiary/aromatic N) is 1. The molecule has 2 N–H and O–H groups in total. The number of alkyl halides is 3. The van der Waals surface area contributed by atoms with Gasteiger partial charge in [0.2, 0.25) is 5.43 Å². The molecule has 0 unspecified atom stereocenters. The van der Waals surface area contributed by atoms with Crippen LogP contribution in [0.4, 0.5) is 24.5 Å². The number of rotatable bonds is 4. The first-order valence-corrected chi connectivity index (χ1v) is 10.6. The molecule has 0 bridgehead atoms. The Kier molecular flexibility index (Phi) is 6.07. The van der Waals surface area contributed by atoms with Gasteiger partial charge in [0.15, 0.2) is 0 Å². The Hall–Kier alpha value is -3.82. The Morgan fingerprint density at radius 3 is 2.62 bits per heavy atom. The molecule has 4 rings (SSSR count). The summed E-state index contributed by atoms with van der Waals surface area (Å²) in [6.07, 6.45) is -3.00. The molecule has 0 aliphatic carbocycles. The molecular formula is C24H22F3N3O4. The number of ether oxygens (including phenoxy) is 1. The number of pyridine rings is 1. The summed E-state index contributed by atoms with van der Waals surface area (Å²) in [6.45, 7) is 2.22. The van der Waals surface area contributed by atoms with E-state index in [1.807, 2.05) is 6.92 Å². The first kappa shape index (κ1) is 23.3. The standard InChI is InChI=1S/C24H22F3N3O4/c1-13-9-10-30(20(13)23(33)34-2)14-7-8-19(17(11-14)24(25,26)27)29-22(32)16-12-28-18-6-4-3-5-15(18)21(16)31/h3-8,11-13,20H,9-10H2,1-2H3,(H,28,31)(H,29,32)/t13-,20-/m0/s1. The first-order valence-electron chi connectivity index (χ1n) is 10.6. The SMILES string of the molecule is COC(=O)[C@@H]1[C@@H](C)CCN1c1ccc(NC(=O)c2c[nH]c3ccccc3c2=O)c(C(F)(F)F)c1. The Balaban J connectivity index is 1.69. The van der Waals surface area contributed by atoms with Gasteiger partial charge in [-0.15, -0.1) is 0 Å². The summed E-state index contributed by atoms with van der Waals surface area (Å²) >= 11 is 0. The molecule has 10 heteroatoms. The van der Waals surface area contributed by atoms with Crippen molar-refractivity contribution in [1.29, 1.82) is 0 Å². The second-order valence-electron chi connectivity index (χ2n) is 8.19. The summed E-state index contributed by atoms with van der Waals surface area (Å²) in [4.78, 5) is 42.0. The molecule has 34 heavy (non-hydrogen) atoms. The van der Waals surface area contributed by atoms with Crippen LogP contribution in [-0.4, -0.2) is 36.6 Å². The van der Waals surface area contributed by atoms with Crippen LogP contribution in [0.25, 0.3) is 10.9 Å². The second kappa shape index (κ2) is 8.85. The van der Waals surface area contributed by atoms with E-state index < -0.39 is 40.8 Å². The van der Waals surface area contributed by atoms with Crippen LogP contribution in [0.15, 0.2) is 53.5 Å². The minimum Gasteiger partial charge on any atom is -0.467 e. The van der Waals surface area contributed by atoms with E-state index in [-0.39, 0.29) is 22.6 Å². The zero-order valence-electron chi connectivity index (χ0n) is 18.4. The van der Waals surface area contributed by atoms with Gasteiger partial charge in [0.05, 0.1) is 18.4 Å². The van der Waals surface area contributed by atoms with Crippen molar-refractivity contribution in [2.24, 2.45) is 5.92 Å². The van der Waals surface area contributed by atoms with E-state index in [4.69, 9.17) is 4.74 Å². The number of carbonyl (C=O) groups excluding carboxylic acids is 2. The molecule has 1 aliphatic heterocycles. The van der Waals surface area contributed by atoms with Gasteiger partial charge in [0.1, 0.15) is 11.6 Å². The molecule has 1 aromatic heterocycles. The van der Waals surface area contributed by atoms with Crippen molar-refractivity contribution in [3.05, 3.63) is 70.0 Å². The van der Waals surface area contributed by atoms with Crippen LogP contribution in [0.2, 0.25) is 0 Å². The van der Waals surface area contributed by atoms with Crippen LogP contribution in [-0.2, 0) is 15.7 Å². The number of hydrogen-bond acceptors (Lipinski definition) is 5. The predicted molar refractivity (Wildman–Crippen MR) is 121 cm³/mol. The Labute approximate surface area is 192 Å². The molecule has 2 atom stereocenters. The van der Waals surface area contributed by atoms with Gasteiger partial charge < -0.3 is 19.9 Å². The summed E-state index contributed by atoms with van der Waals surface area (Å²) in [7, 11) is 1.24. The zero-order valence-corrected chi connectivity index (χ0v) is 18.4. The molecule has 1 aliphatic rings. The normalized spacial score (nSPS) is 18.2. The molecule has 3 aromatic rings. The van der Waals surface area contributed by atoms with E-state index >= 15 is 0 Å². The number of methoxy groups -OCH3 is 1. The van der Waals surface area contributed by atoms with Gasteiger partial charge in [-0.25, -0.2) is 4.79 Å². The second-order valence-corrected chi connectivity index (χ2v) is 8.19. The van der Waals surface area contributed by atoms with E-state index in [0.29, 0.717) is 18.5 Å². The van der Waals surface area contributed by atoms with Crippen molar-refractivity contribution in [3.8, 4) is 0 Å². The van der Waals surface area contributed by atoms with Gasteiger partial charge in [0.25, 0.3) is 5.91 Å². The number of halogens is 3. The van der Waals surface area contributed by atoms with Gasteiger partial charge in [0, 0.05) is 29.3 Å². The fourth-order valence-corrected chi connectivity index (χ4v) is 4.30. The zero-order chi connectivity index (χ0) is 24.6. The molecular weight excluding hydrogens is 451 g/mol. The quantitative estimate of drug-likeness (QED) is 0.555. The fraction of sp³-hybridized carbons (Fsp3) is 0.292. The van der Waals surface area contributed by atoms with Gasteiger partial charge in [-0.1, -0.05) is 19.1 Å². The summed E-state index contributed by atoms with van der Waals surface area (Å²) in [5, 5.41) is 2.47. The van der Waals surface area contributed by atoms with Crippen molar-refractivity contribution < 1.29 is 27.5 Å². The third-order valence-electron chi connectivity index (χ3n) is 6.06. The number of amides is 1. The van der Waals surface area contributed by atoms with Crippen LogP contribution < -0.4 is 15.6 Å². The molecule has 1 amide bonds. The highest BCUT2D eigenvalue weighted by Gasteiger charge is 2.40. The van der Waals surface area contributed by atoms with Gasteiger partial charge in [-0.3, -0.25) is 9.59 Å². The average molecular weight is 473 g/mol. The van der Waals surface area contributed by atoms with Crippen LogP contribution in [0, 0.1) is 5.92 Å². The lowest BCUT2D eigenvalue weighted by atomic mass is 10.0. The molecule has 1 fully saturated rings. The number of aromatic amines is 1. The lowest BCUT2D eigenvalue weighted by molar-refractivity contribution is -0.142. The lowest BCUT2D eigenvalue weighted by Gasteiger charge is -2.28. The molecule has 178 valence electrons. The van der Waals surface area contributed by atoms with Crippen molar-refractivity contribution >= 4 is 34.2 Å². The molecule has 1 saturated heterocycles. The van der Waals surface area contributed by atoms with E-state index in [0.717, 1.165) is 12.1 Å². The van der Waals surface area contributed by atoms with Crippen LogP contribution in [0.1, 0.15) is 29.3 Å². The monoisotopic (exact) mass is 473 g/mol. The van der Waals surface area contributed by atoms with Crippen molar-refractivity contribution in [1.82, 2.24) is 4.98 Å². The third-order valence-corrected chi connectivity index (χ3v) is 6.06. The number of benzene rings is 2. The van der Waals surface area contributed by atoms with E-state index in [2.05, 4.69) is 10.3 Å². The molecule has 2 heterocycles. The summed E-state index contributed by atoms with van der Waals surface area (Å²) in [5.41, 5.74) is -1.79. The fourth-order valence-electron chi connectivity index (χ4n) is 4.30. The number of anilines is 2. The summed E-state index contributed by atoms with van der Waals surface area (Å²) in [5.74, 6) is -1.58. The van der Waals surface area contributed by atoms with Gasteiger partial charge in [-0.2, -0.15) is 13.2 Å². The number of fused-ring (bicyclic) bond motifs is 1.